The van der Waals surface area contributed by atoms with Gasteiger partial charge in [0.1, 0.15) is 0 Å². The molecule has 2 rings (SSSR count). The Morgan fingerprint density at radius 2 is 2.24 bits per heavy atom. The molecule has 0 saturated heterocycles. The Bertz CT molecular complexity index is 524. The smallest absolute Gasteiger partial charge is 0.258 e. The van der Waals surface area contributed by atoms with Crippen molar-refractivity contribution in [2.45, 2.75) is 19.8 Å². The Morgan fingerprint density at radius 3 is 2.88 bits per heavy atom. The zero-order chi connectivity index (χ0) is 12.4. The van der Waals surface area contributed by atoms with Gasteiger partial charge in [-0.1, -0.05) is 28.0 Å². The molecule has 90 valence electrons. The molecule has 17 heavy (non-hydrogen) atoms. The summed E-state index contributed by atoms with van der Waals surface area (Å²) in [7, 11) is 0. The monoisotopic (exact) mass is 295 g/mol. The number of halogens is 1. The third-order valence-electron chi connectivity index (χ3n) is 2.65. The largest absolute Gasteiger partial charge is 0.334 e. The van der Waals surface area contributed by atoms with E-state index in [1.807, 2.05) is 32.0 Å². The lowest BCUT2D eigenvalue weighted by atomic mass is 10.1. The van der Waals surface area contributed by atoms with Crippen LogP contribution in [0.15, 0.2) is 27.2 Å². The van der Waals surface area contributed by atoms with Crippen molar-refractivity contribution in [3.63, 3.8) is 0 Å². The van der Waals surface area contributed by atoms with Crippen molar-refractivity contribution >= 4 is 15.9 Å². The second kappa shape index (κ2) is 4.98. The predicted molar refractivity (Wildman–Crippen MR) is 69.6 cm³/mol. The molecule has 0 aliphatic rings. The summed E-state index contributed by atoms with van der Waals surface area (Å²) in [5.74, 6) is 1.32. The average molecular weight is 296 g/mol. The highest BCUT2D eigenvalue weighted by Crippen LogP contribution is 2.25. The van der Waals surface area contributed by atoms with Crippen LogP contribution in [0.1, 0.15) is 24.2 Å². The second-order valence-electron chi connectivity index (χ2n) is 4.05. The highest BCUT2D eigenvalue weighted by Gasteiger charge is 2.14. The van der Waals surface area contributed by atoms with Crippen molar-refractivity contribution < 1.29 is 4.52 Å². The van der Waals surface area contributed by atoms with Crippen LogP contribution in [-0.2, 0) is 0 Å². The van der Waals surface area contributed by atoms with E-state index in [0.717, 1.165) is 15.6 Å². The summed E-state index contributed by atoms with van der Waals surface area (Å²) >= 11 is 3.43. The lowest BCUT2D eigenvalue weighted by Crippen LogP contribution is -2.10. The molecule has 0 radical (unpaired) electrons. The number of nitrogens with two attached hydrogens (primary N) is 1. The van der Waals surface area contributed by atoms with E-state index in [2.05, 4.69) is 26.1 Å². The first-order chi connectivity index (χ1) is 8.11. The Hall–Kier alpha value is -1.20. The minimum absolute atomic E-state index is 0.114. The highest BCUT2D eigenvalue weighted by atomic mass is 79.9. The Morgan fingerprint density at radius 1 is 1.47 bits per heavy atom. The van der Waals surface area contributed by atoms with Crippen LogP contribution in [0.2, 0.25) is 0 Å². The topological polar surface area (TPSA) is 64.9 Å². The fraction of sp³-hybridized carbons (Fsp3) is 0.333. The SMILES string of the molecule is Cc1cc(Br)ccc1-c1nc(C(C)CN)no1. The summed E-state index contributed by atoms with van der Waals surface area (Å²) < 4.78 is 6.30. The first-order valence-electron chi connectivity index (χ1n) is 5.42. The van der Waals surface area contributed by atoms with Crippen molar-refractivity contribution in [2.75, 3.05) is 6.54 Å². The first kappa shape index (κ1) is 12.3. The zero-order valence-electron chi connectivity index (χ0n) is 9.77. The molecule has 0 saturated carbocycles. The molecule has 1 unspecified atom stereocenters. The molecule has 0 spiro atoms. The molecule has 0 amide bonds. The van der Waals surface area contributed by atoms with E-state index in [1.165, 1.54) is 0 Å². The maximum absolute atomic E-state index is 5.57. The van der Waals surface area contributed by atoms with Gasteiger partial charge in [0.15, 0.2) is 5.82 Å². The lowest BCUT2D eigenvalue weighted by Gasteiger charge is -2.01. The number of hydrogen-bond acceptors (Lipinski definition) is 4. The van der Waals surface area contributed by atoms with Crippen LogP contribution >= 0.6 is 15.9 Å². The predicted octanol–water partition coefficient (Wildman–Crippen LogP) is 2.87. The molecule has 0 bridgehead atoms. The van der Waals surface area contributed by atoms with Crippen molar-refractivity contribution in [1.29, 1.82) is 0 Å². The van der Waals surface area contributed by atoms with E-state index in [9.17, 15) is 0 Å². The van der Waals surface area contributed by atoms with E-state index in [0.29, 0.717) is 18.3 Å². The number of aryl methyl sites for hydroxylation is 1. The van der Waals surface area contributed by atoms with Crippen LogP contribution in [0, 0.1) is 6.92 Å². The Kier molecular flexibility index (Phi) is 3.59. The maximum Gasteiger partial charge on any atom is 0.258 e. The number of aromatic nitrogens is 2. The molecule has 2 N–H and O–H groups in total. The van der Waals surface area contributed by atoms with Gasteiger partial charge in [0.25, 0.3) is 5.89 Å². The first-order valence-corrected chi connectivity index (χ1v) is 6.21. The fourth-order valence-corrected chi connectivity index (χ4v) is 1.99. The summed E-state index contributed by atoms with van der Waals surface area (Å²) in [5, 5.41) is 3.95. The summed E-state index contributed by atoms with van der Waals surface area (Å²) in [6.45, 7) is 4.50. The molecule has 0 fully saturated rings. The molecular weight excluding hydrogens is 282 g/mol. The summed E-state index contributed by atoms with van der Waals surface area (Å²) in [6, 6.07) is 5.94. The molecule has 1 heterocycles. The Balaban J connectivity index is 2.37. The van der Waals surface area contributed by atoms with Crippen LogP contribution in [0.3, 0.4) is 0 Å². The van der Waals surface area contributed by atoms with Gasteiger partial charge < -0.3 is 10.3 Å². The van der Waals surface area contributed by atoms with Crippen molar-refractivity contribution in [3.05, 3.63) is 34.1 Å². The van der Waals surface area contributed by atoms with Crippen molar-refractivity contribution in [3.8, 4) is 11.5 Å². The zero-order valence-corrected chi connectivity index (χ0v) is 11.4. The fourth-order valence-electron chi connectivity index (χ4n) is 1.52. The van der Waals surface area contributed by atoms with Gasteiger partial charge in [0, 0.05) is 22.5 Å². The van der Waals surface area contributed by atoms with E-state index >= 15 is 0 Å². The van der Waals surface area contributed by atoms with Gasteiger partial charge in [-0.25, -0.2) is 0 Å². The van der Waals surface area contributed by atoms with E-state index in [-0.39, 0.29) is 5.92 Å². The minimum Gasteiger partial charge on any atom is -0.334 e. The van der Waals surface area contributed by atoms with E-state index in [4.69, 9.17) is 10.3 Å². The van der Waals surface area contributed by atoms with Gasteiger partial charge in [0.2, 0.25) is 0 Å². The molecule has 0 aliphatic carbocycles. The van der Waals surface area contributed by atoms with Gasteiger partial charge in [-0.3, -0.25) is 0 Å². The van der Waals surface area contributed by atoms with Gasteiger partial charge in [-0.15, -0.1) is 0 Å². The van der Waals surface area contributed by atoms with E-state index in [1.54, 1.807) is 0 Å². The normalized spacial score (nSPS) is 12.7. The molecular formula is C12H14BrN3O. The molecule has 5 heteroatoms. The van der Waals surface area contributed by atoms with Crippen LogP contribution in [-0.4, -0.2) is 16.7 Å². The third-order valence-corrected chi connectivity index (χ3v) is 3.15. The highest BCUT2D eigenvalue weighted by molar-refractivity contribution is 9.10. The molecule has 1 aromatic carbocycles. The lowest BCUT2D eigenvalue weighted by molar-refractivity contribution is 0.417. The van der Waals surface area contributed by atoms with E-state index < -0.39 is 0 Å². The van der Waals surface area contributed by atoms with Gasteiger partial charge in [-0.05, 0) is 30.7 Å². The van der Waals surface area contributed by atoms with Crippen LogP contribution < -0.4 is 5.73 Å². The summed E-state index contributed by atoms with van der Waals surface area (Å²) in [4.78, 5) is 4.37. The molecule has 0 aliphatic heterocycles. The standard InChI is InChI=1S/C12H14BrN3O/c1-7-5-9(13)3-4-10(7)12-15-11(16-17-12)8(2)6-14/h3-5,8H,6,14H2,1-2H3. The van der Waals surface area contributed by atoms with Gasteiger partial charge in [0.05, 0.1) is 0 Å². The minimum atomic E-state index is 0.114. The molecule has 4 nitrogen and oxygen atoms in total. The quantitative estimate of drug-likeness (QED) is 0.946. The van der Waals surface area contributed by atoms with Crippen molar-refractivity contribution in [1.82, 2.24) is 10.1 Å². The van der Waals surface area contributed by atoms with Crippen LogP contribution in [0.5, 0.6) is 0 Å². The van der Waals surface area contributed by atoms with Crippen molar-refractivity contribution in [2.24, 2.45) is 5.73 Å². The van der Waals surface area contributed by atoms with Gasteiger partial charge in [-0.2, -0.15) is 4.98 Å². The maximum atomic E-state index is 5.57. The average Bonchev–Trinajstić information content (AvgIpc) is 2.77. The number of rotatable bonds is 3. The van der Waals surface area contributed by atoms with Gasteiger partial charge >= 0.3 is 0 Å². The molecule has 1 aromatic heterocycles. The number of benzene rings is 1. The Labute approximate surface area is 108 Å². The molecule has 1 atom stereocenters. The van der Waals surface area contributed by atoms with Crippen LogP contribution in [0.25, 0.3) is 11.5 Å². The second-order valence-corrected chi connectivity index (χ2v) is 4.97. The number of nitrogens with zero attached hydrogens (tertiary/aromatic N) is 2. The van der Waals surface area contributed by atoms with Crippen LogP contribution in [0.4, 0.5) is 0 Å². The third kappa shape index (κ3) is 2.56. The number of hydrogen-bond donors (Lipinski definition) is 1. The summed E-state index contributed by atoms with van der Waals surface area (Å²) in [5.41, 5.74) is 7.62. The molecule has 2 aromatic rings. The summed E-state index contributed by atoms with van der Waals surface area (Å²) in [6.07, 6.45) is 0.